The highest BCUT2D eigenvalue weighted by Gasteiger charge is 2.23. The average molecular weight is 224 g/mol. The Morgan fingerprint density at radius 1 is 1.19 bits per heavy atom. The summed E-state index contributed by atoms with van der Waals surface area (Å²) in [6, 6.07) is 0.976. The van der Waals surface area contributed by atoms with Crippen LogP contribution in [0.15, 0.2) is 0 Å². The smallest absolute Gasteiger partial charge is 0.234 e. The molecule has 2 aliphatic rings. The standard InChI is InChI=1S/C13H24N2O/c1-10(11-5-3-2-4-6-11)15-13(16)9-14-12-7-8-12/h10-12,14H,2-9H2,1H3,(H,15,16). The fourth-order valence-corrected chi connectivity index (χ4v) is 2.58. The lowest BCUT2D eigenvalue weighted by Gasteiger charge is -2.28. The minimum Gasteiger partial charge on any atom is -0.352 e. The Labute approximate surface area is 98.4 Å². The number of hydrogen-bond acceptors (Lipinski definition) is 2. The lowest BCUT2D eigenvalue weighted by molar-refractivity contribution is -0.121. The largest absolute Gasteiger partial charge is 0.352 e. The molecule has 2 aliphatic carbocycles. The molecule has 92 valence electrons. The number of hydrogen-bond donors (Lipinski definition) is 2. The van der Waals surface area contributed by atoms with E-state index in [1.165, 1.54) is 44.9 Å². The first kappa shape index (κ1) is 11.9. The molecule has 0 aliphatic heterocycles. The second kappa shape index (κ2) is 5.67. The fraction of sp³-hybridized carbons (Fsp3) is 0.923. The predicted octanol–water partition coefficient (Wildman–Crippen LogP) is 1.82. The molecule has 0 radical (unpaired) electrons. The van der Waals surface area contributed by atoms with Gasteiger partial charge in [0.25, 0.3) is 0 Å². The van der Waals surface area contributed by atoms with Gasteiger partial charge in [0.05, 0.1) is 6.54 Å². The highest BCUT2D eigenvalue weighted by molar-refractivity contribution is 5.78. The van der Waals surface area contributed by atoms with Crippen molar-refractivity contribution in [2.45, 2.75) is 64.0 Å². The number of rotatable bonds is 5. The molecule has 3 nitrogen and oxygen atoms in total. The van der Waals surface area contributed by atoms with Gasteiger partial charge in [-0.05, 0) is 38.5 Å². The maximum Gasteiger partial charge on any atom is 0.234 e. The molecule has 16 heavy (non-hydrogen) atoms. The minimum atomic E-state index is 0.171. The molecule has 0 aromatic heterocycles. The van der Waals surface area contributed by atoms with Crippen LogP contribution in [0.25, 0.3) is 0 Å². The quantitative estimate of drug-likeness (QED) is 0.748. The Kier molecular flexibility index (Phi) is 4.22. The van der Waals surface area contributed by atoms with Crippen molar-refractivity contribution in [1.82, 2.24) is 10.6 Å². The molecular formula is C13H24N2O. The van der Waals surface area contributed by atoms with Crippen LogP contribution >= 0.6 is 0 Å². The van der Waals surface area contributed by atoms with E-state index in [1.807, 2.05) is 0 Å². The third-order valence-electron chi connectivity index (χ3n) is 3.87. The van der Waals surface area contributed by atoms with E-state index in [0.717, 1.165) is 0 Å². The molecule has 0 aromatic rings. The Hall–Kier alpha value is -0.570. The highest BCUT2D eigenvalue weighted by atomic mass is 16.1. The zero-order chi connectivity index (χ0) is 11.4. The second-order valence-corrected chi connectivity index (χ2v) is 5.41. The van der Waals surface area contributed by atoms with Crippen molar-refractivity contribution in [2.75, 3.05) is 6.54 Å². The van der Waals surface area contributed by atoms with Crippen molar-refractivity contribution < 1.29 is 4.79 Å². The summed E-state index contributed by atoms with van der Waals surface area (Å²) in [6.45, 7) is 2.66. The summed E-state index contributed by atoms with van der Waals surface area (Å²) in [4.78, 5) is 11.7. The molecule has 2 saturated carbocycles. The van der Waals surface area contributed by atoms with E-state index < -0.39 is 0 Å². The van der Waals surface area contributed by atoms with Crippen LogP contribution in [0.4, 0.5) is 0 Å². The van der Waals surface area contributed by atoms with Crippen LogP contribution in [-0.4, -0.2) is 24.5 Å². The summed E-state index contributed by atoms with van der Waals surface area (Å²) >= 11 is 0. The maximum atomic E-state index is 11.7. The lowest BCUT2D eigenvalue weighted by Crippen LogP contribution is -2.43. The van der Waals surface area contributed by atoms with Gasteiger partial charge in [0.2, 0.25) is 5.91 Å². The summed E-state index contributed by atoms with van der Waals surface area (Å²) in [5.74, 6) is 0.878. The van der Waals surface area contributed by atoms with Gasteiger partial charge < -0.3 is 10.6 Å². The molecule has 1 atom stereocenters. The van der Waals surface area contributed by atoms with Gasteiger partial charge in [-0.1, -0.05) is 19.3 Å². The minimum absolute atomic E-state index is 0.171. The van der Waals surface area contributed by atoms with Crippen LogP contribution in [-0.2, 0) is 4.79 Å². The third kappa shape index (κ3) is 3.78. The van der Waals surface area contributed by atoms with Crippen LogP contribution in [0, 0.1) is 5.92 Å². The van der Waals surface area contributed by atoms with E-state index in [2.05, 4.69) is 17.6 Å². The van der Waals surface area contributed by atoms with Crippen LogP contribution in [0.1, 0.15) is 51.9 Å². The van der Waals surface area contributed by atoms with Crippen LogP contribution in [0.5, 0.6) is 0 Å². The van der Waals surface area contributed by atoms with E-state index in [0.29, 0.717) is 24.5 Å². The first-order chi connectivity index (χ1) is 7.75. The van der Waals surface area contributed by atoms with E-state index in [-0.39, 0.29) is 5.91 Å². The van der Waals surface area contributed by atoms with E-state index in [4.69, 9.17) is 0 Å². The molecule has 0 saturated heterocycles. The van der Waals surface area contributed by atoms with Gasteiger partial charge in [0, 0.05) is 12.1 Å². The summed E-state index contributed by atoms with van der Waals surface area (Å²) in [7, 11) is 0. The fourth-order valence-electron chi connectivity index (χ4n) is 2.58. The Balaban J connectivity index is 1.63. The van der Waals surface area contributed by atoms with Crippen molar-refractivity contribution in [3.63, 3.8) is 0 Å². The number of amides is 1. The molecular weight excluding hydrogens is 200 g/mol. The summed E-state index contributed by atoms with van der Waals surface area (Å²) in [6.07, 6.45) is 9.11. The molecule has 2 rings (SSSR count). The van der Waals surface area contributed by atoms with Crippen molar-refractivity contribution in [1.29, 1.82) is 0 Å². The van der Waals surface area contributed by atoms with Crippen molar-refractivity contribution >= 4 is 5.91 Å². The number of nitrogens with one attached hydrogen (secondary N) is 2. The zero-order valence-electron chi connectivity index (χ0n) is 10.3. The first-order valence-corrected chi connectivity index (χ1v) is 6.78. The number of carbonyl (C=O) groups excluding carboxylic acids is 1. The van der Waals surface area contributed by atoms with E-state index in [9.17, 15) is 4.79 Å². The van der Waals surface area contributed by atoms with E-state index >= 15 is 0 Å². The zero-order valence-corrected chi connectivity index (χ0v) is 10.3. The monoisotopic (exact) mass is 224 g/mol. The summed E-state index contributed by atoms with van der Waals surface area (Å²) < 4.78 is 0. The Morgan fingerprint density at radius 2 is 1.88 bits per heavy atom. The molecule has 2 fully saturated rings. The van der Waals surface area contributed by atoms with Gasteiger partial charge in [-0.2, -0.15) is 0 Å². The molecule has 1 amide bonds. The molecule has 0 aromatic carbocycles. The Bertz CT molecular complexity index is 232. The van der Waals surface area contributed by atoms with Crippen LogP contribution in [0.2, 0.25) is 0 Å². The van der Waals surface area contributed by atoms with Gasteiger partial charge >= 0.3 is 0 Å². The van der Waals surface area contributed by atoms with Crippen LogP contribution in [0.3, 0.4) is 0 Å². The normalized spacial score (nSPS) is 24.1. The summed E-state index contributed by atoms with van der Waals surface area (Å²) in [5, 5.41) is 6.38. The molecule has 0 spiro atoms. The topological polar surface area (TPSA) is 41.1 Å². The van der Waals surface area contributed by atoms with Crippen molar-refractivity contribution in [2.24, 2.45) is 5.92 Å². The van der Waals surface area contributed by atoms with Gasteiger partial charge in [0.15, 0.2) is 0 Å². The highest BCUT2D eigenvalue weighted by Crippen LogP contribution is 2.26. The Morgan fingerprint density at radius 3 is 2.50 bits per heavy atom. The van der Waals surface area contributed by atoms with Gasteiger partial charge in [-0.25, -0.2) is 0 Å². The third-order valence-corrected chi connectivity index (χ3v) is 3.87. The van der Waals surface area contributed by atoms with E-state index in [1.54, 1.807) is 0 Å². The van der Waals surface area contributed by atoms with Gasteiger partial charge in [-0.3, -0.25) is 4.79 Å². The molecule has 2 N–H and O–H groups in total. The summed E-state index contributed by atoms with van der Waals surface area (Å²) in [5.41, 5.74) is 0. The van der Waals surface area contributed by atoms with Crippen molar-refractivity contribution in [3.05, 3.63) is 0 Å². The van der Waals surface area contributed by atoms with Gasteiger partial charge in [-0.15, -0.1) is 0 Å². The number of carbonyl (C=O) groups is 1. The maximum absolute atomic E-state index is 11.7. The lowest BCUT2D eigenvalue weighted by atomic mass is 9.84. The first-order valence-electron chi connectivity index (χ1n) is 6.78. The predicted molar refractivity (Wildman–Crippen MR) is 65.2 cm³/mol. The van der Waals surface area contributed by atoms with Gasteiger partial charge in [0.1, 0.15) is 0 Å². The average Bonchev–Trinajstić information content (AvgIpc) is 3.11. The molecule has 3 heteroatoms. The molecule has 1 unspecified atom stereocenters. The molecule has 0 heterocycles. The van der Waals surface area contributed by atoms with Crippen LogP contribution < -0.4 is 10.6 Å². The second-order valence-electron chi connectivity index (χ2n) is 5.41. The van der Waals surface area contributed by atoms with Crippen molar-refractivity contribution in [3.8, 4) is 0 Å². The molecule has 0 bridgehead atoms. The SMILES string of the molecule is CC(NC(=O)CNC1CC1)C1CCCCC1.